The first-order valence-corrected chi connectivity index (χ1v) is 14.5. The fraction of sp³-hybridized carbons (Fsp3) is 0.273. The van der Waals surface area contributed by atoms with E-state index in [1.165, 1.54) is 25.3 Å². The van der Waals surface area contributed by atoms with E-state index in [2.05, 4.69) is 13.0 Å². The van der Waals surface area contributed by atoms with E-state index in [9.17, 15) is 10.1 Å². The molecule has 1 atom stereocenters. The third-order valence-corrected chi connectivity index (χ3v) is 7.36. The number of fused-ring (bicyclic) bond motifs is 1. The van der Waals surface area contributed by atoms with Crippen molar-refractivity contribution >= 4 is 35.2 Å². The molecule has 4 rings (SSSR count). The zero-order valence-corrected chi connectivity index (χ0v) is 25.0. The number of hydrogen-bond acceptors (Lipinski definition) is 7. The van der Waals surface area contributed by atoms with Crippen LogP contribution in [0.25, 0.3) is 6.08 Å². The van der Waals surface area contributed by atoms with E-state index in [-0.39, 0.29) is 17.2 Å². The number of halogens is 2. The van der Waals surface area contributed by atoms with Gasteiger partial charge in [-0.3, -0.25) is 0 Å². The topological polar surface area (TPSA) is 104 Å². The molecule has 0 amide bonds. The van der Waals surface area contributed by atoms with Crippen molar-refractivity contribution in [1.29, 1.82) is 5.26 Å². The Morgan fingerprint density at radius 1 is 1.05 bits per heavy atom. The van der Waals surface area contributed by atoms with Gasteiger partial charge < -0.3 is 24.7 Å². The Hall–Kier alpha value is -4.12. The molecule has 7 nitrogen and oxygen atoms in total. The van der Waals surface area contributed by atoms with Gasteiger partial charge in [0.1, 0.15) is 23.1 Å². The summed E-state index contributed by atoms with van der Waals surface area (Å²) in [6.07, 6.45) is 8.50. The van der Waals surface area contributed by atoms with E-state index in [0.29, 0.717) is 45.0 Å². The smallest absolute Gasteiger partial charge is 0.336 e. The van der Waals surface area contributed by atoms with Gasteiger partial charge in [-0.25, -0.2) is 4.79 Å². The lowest BCUT2D eigenvalue weighted by Crippen LogP contribution is -2.21. The summed E-state index contributed by atoms with van der Waals surface area (Å²) in [6, 6.07) is 17.7. The minimum absolute atomic E-state index is 0.0258. The van der Waals surface area contributed by atoms with Crippen LogP contribution in [0, 0.1) is 11.3 Å². The molecule has 3 aromatic carbocycles. The average Bonchev–Trinajstić information content (AvgIpc) is 2.97. The Morgan fingerprint density at radius 2 is 1.86 bits per heavy atom. The monoisotopic (exact) mass is 606 g/mol. The normalized spacial score (nSPS) is 14.2. The van der Waals surface area contributed by atoms with E-state index >= 15 is 0 Å². The number of carbonyl (C=O) groups is 1. The highest BCUT2D eigenvalue weighted by molar-refractivity contribution is 6.35. The van der Waals surface area contributed by atoms with E-state index in [0.717, 1.165) is 18.4 Å². The number of benzene rings is 3. The molecular formula is C33H32Cl2N2O5. The molecule has 0 saturated heterocycles. The zero-order valence-electron chi connectivity index (χ0n) is 23.5. The SMILES string of the molecule is CCCCCCCOc1ccc(C2C(C#N)=C(N)Oc3cc(OC(=O)/C=C/c4ccc(Cl)cc4Cl)ccc32)cc1OC. The number of esters is 1. The van der Waals surface area contributed by atoms with Crippen LogP contribution in [-0.2, 0) is 4.79 Å². The standard InChI is InChI=1S/C33H32Cl2N2O5/c1-3-4-5-6-7-16-40-28-14-9-22(17-30(28)39-2)32-25-13-12-24(19-29(25)42-33(37)26(32)20-36)41-31(38)15-10-21-8-11-23(34)18-27(21)35/h8-15,17-19,32H,3-7,16,37H2,1-2H3/b15-10+. The highest BCUT2D eigenvalue weighted by Crippen LogP contribution is 2.45. The number of nitrogens with zero attached hydrogens (tertiary/aromatic N) is 1. The molecule has 2 N–H and O–H groups in total. The van der Waals surface area contributed by atoms with Crippen LogP contribution in [0.5, 0.6) is 23.0 Å². The number of allylic oxidation sites excluding steroid dienone is 1. The first-order chi connectivity index (χ1) is 20.3. The number of nitrogens with two attached hydrogens (primary N) is 1. The number of ether oxygens (including phenoxy) is 4. The largest absolute Gasteiger partial charge is 0.493 e. The lowest BCUT2D eigenvalue weighted by Gasteiger charge is -2.27. The first kappa shape index (κ1) is 30.8. The summed E-state index contributed by atoms with van der Waals surface area (Å²) in [6.45, 7) is 2.79. The van der Waals surface area contributed by atoms with Gasteiger partial charge in [0.25, 0.3) is 0 Å². The summed E-state index contributed by atoms with van der Waals surface area (Å²) in [5.74, 6) is 0.656. The molecule has 1 aliphatic heterocycles. The Kier molecular flexibility index (Phi) is 10.8. The van der Waals surface area contributed by atoms with Crippen molar-refractivity contribution in [3.63, 3.8) is 0 Å². The lowest BCUT2D eigenvalue weighted by molar-refractivity contribution is -0.128. The van der Waals surface area contributed by atoms with Gasteiger partial charge >= 0.3 is 5.97 Å². The van der Waals surface area contributed by atoms with Crippen LogP contribution in [-0.4, -0.2) is 19.7 Å². The molecule has 0 saturated carbocycles. The number of unbranched alkanes of at least 4 members (excludes halogenated alkanes) is 4. The van der Waals surface area contributed by atoms with Gasteiger partial charge in [0, 0.05) is 27.8 Å². The summed E-state index contributed by atoms with van der Waals surface area (Å²) >= 11 is 12.1. The number of nitriles is 1. The number of methoxy groups -OCH3 is 1. The molecule has 3 aromatic rings. The predicted molar refractivity (Wildman–Crippen MR) is 164 cm³/mol. The molecule has 9 heteroatoms. The van der Waals surface area contributed by atoms with Crippen LogP contribution in [0.1, 0.15) is 61.6 Å². The molecule has 0 fully saturated rings. The van der Waals surface area contributed by atoms with Crippen LogP contribution in [0.4, 0.5) is 0 Å². The summed E-state index contributed by atoms with van der Waals surface area (Å²) in [5.41, 5.74) is 8.53. The first-order valence-electron chi connectivity index (χ1n) is 13.7. The van der Waals surface area contributed by atoms with Crippen LogP contribution in [0.2, 0.25) is 10.0 Å². The second-order valence-electron chi connectivity index (χ2n) is 9.72. The molecule has 0 aromatic heterocycles. The predicted octanol–water partition coefficient (Wildman–Crippen LogP) is 8.19. The fourth-order valence-corrected chi connectivity index (χ4v) is 5.13. The summed E-state index contributed by atoms with van der Waals surface area (Å²) in [7, 11) is 1.58. The van der Waals surface area contributed by atoms with E-state index in [4.69, 9.17) is 47.9 Å². The molecule has 0 aliphatic carbocycles. The minimum Gasteiger partial charge on any atom is -0.493 e. The third kappa shape index (κ3) is 7.58. The summed E-state index contributed by atoms with van der Waals surface area (Å²) < 4.78 is 22.9. The highest BCUT2D eigenvalue weighted by Gasteiger charge is 2.31. The van der Waals surface area contributed by atoms with E-state index in [1.54, 1.807) is 49.6 Å². The Balaban J connectivity index is 1.53. The van der Waals surface area contributed by atoms with Crippen LogP contribution in [0.3, 0.4) is 0 Å². The number of hydrogen-bond donors (Lipinski definition) is 1. The summed E-state index contributed by atoms with van der Waals surface area (Å²) in [5, 5.41) is 10.9. The maximum Gasteiger partial charge on any atom is 0.336 e. The molecule has 42 heavy (non-hydrogen) atoms. The molecule has 1 heterocycles. The van der Waals surface area contributed by atoms with Gasteiger partial charge in [-0.15, -0.1) is 0 Å². The van der Waals surface area contributed by atoms with Crippen molar-refractivity contribution in [3.05, 3.63) is 98.9 Å². The molecule has 0 radical (unpaired) electrons. The van der Waals surface area contributed by atoms with Crippen molar-refractivity contribution in [2.75, 3.05) is 13.7 Å². The van der Waals surface area contributed by atoms with Gasteiger partial charge in [-0.1, -0.05) is 74.0 Å². The molecular weight excluding hydrogens is 575 g/mol. The van der Waals surface area contributed by atoms with Gasteiger partial charge in [-0.05, 0) is 54.0 Å². The second kappa shape index (κ2) is 14.7. The molecule has 0 bridgehead atoms. The average molecular weight is 608 g/mol. The lowest BCUT2D eigenvalue weighted by atomic mass is 9.83. The van der Waals surface area contributed by atoms with Crippen molar-refractivity contribution in [1.82, 2.24) is 0 Å². The van der Waals surface area contributed by atoms with Crippen LogP contribution in [0.15, 0.2) is 72.1 Å². The highest BCUT2D eigenvalue weighted by atomic mass is 35.5. The Morgan fingerprint density at radius 3 is 2.60 bits per heavy atom. The zero-order chi connectivity index (χ0) is 30.1. The Bertz CT molecular complexity index is 1540. The quantitative estimate of drug-likeness (QED) is 0.0958. The van der Waals surface area contributed by atoms with E-state index < -0.39 is 11.9 Å². The number of rotatable bonds is 12. The van der Waals surface area contributed by atoms with Gasteiger partial charge in [0.15, 0.2) is 11.5 Å². The van der Waals surface area contributed by atoms with Crippen LogP contribution < -0.4 is 24.7 Å². The summed E-state index contributed by atoms with van der Waals surface area (Å²) in [4.78, 5) is 12.5. The molecule has 0 spiro atoms. The third-order valence-electron chi connectivity index (χ3n) is 6.80. The van der Waals surface area contributed by atoms with Gasteiger partial charge in [-0.2, -0.15) is 5.26 Å². The number of carbonyl (C=O) groups excluding carboxylic acids is 1. The van der Waals surface area contributed by atoms with E-state index in [1.807, 2.05) is 18.2 Å². The molecule has 1 aliphatic rings. The maximum absolute atomic E-state index is 12.5. The fourth-order valence-electron chi connectivity index (χ4n) is 4.66. The van der Waals surface area contributed by atoms with Gasteiger partial charge in [0.2, 0.25) is 5.88 Å². The maximum atomic E-state index is 12.5. The van der Waals surface area contributed by atoms with Crippen molar-refractivity contribution in [3.8, 4) is 29.1 Å². The Labute approximate surface area is 256 Å². The van der Waals surface area contributed by atoms with Crippen LogP contribution >= 0.6 is 23.2 Å². The van der Waals surface area contributed by atoms with Crippen molar-refractivity contribution in [2.24, 2.45) is 5.73 Å². The van der Waals surface area contributed by atoms with Gasteiger partial charge in [0.05, 0.1) is 19.6 Å². The minimum atomic E-state index is -0.611. The second-order valence-corrected chi connectivity index (χ2v) is 10.6. The molecule has 1 unspecified atom stereocenters. The molecule has 218 valence electrons. The van der Waals surface area contributed by atoms with Crippen molar-refractivity contribution in [2.45, 2.75) is 44.9 Å². The van der Waals surface area contributed by atoms with Crippen molar-refractivity contribution < 1.29 is 23.7 Å².